The van der Waals surface area contributed by atoms with Crippen LogP contribution in [0.4, 0.5) is 4.39 Å². The van der Waals surface area contributed by atoms with E-state index >= 15 is 0 Å². The molecule has 0 amide bonds. The van der Waals surface area contributed by atoms with Gasteiger partial charge in [-0.25, -0.2) is 9.50 Å². The van der Waals surface area contributed by atoms with Crippen molar-refractivity contribution < 1.29 is 14.3 Å². The first kappa shape index (κ1) is 9.15. The van der Waals surface area contributed by atoms with Crippen LogP contribution < -0.4 is 0 Å². The highest BCUT2D eigenvalue weighted by Crippen LogP contribution is 2.16. The van der Waals surface area contributed by atoms with Crippen LogP contribution >= 0.6 is 0 Å². The highest BCUT2D eigenvalue weighted by Gasteiger charge is 2.21. The minimum atomic E-state index is -0.366. The fourth-order valence-electron chi connectivity index (χ4n) is 1.33. The zero-order valence-electron chi connectivity index (χ0n) is 7.44. The Morgan fingerprint density at radius 3 is 2.71 bits per heavy atom. The van der Waals surface area contributed by atoms with E-state index in [1.54, 1.807) is 12.1 Å². The van der Waals surface area contributed by atoms with E-state index in [1.165, 1.54) is 12.1 Å². The third-order valence-corrected chi connectivity index (χ3v) is 2.10. The molecule has 0 aromatic heterocycles. The predicted molar refractivity (Wildman–Crippen MR) is 48.0 cm³/mol. The van der Waals surface area contributed by atoms with Crippen molar-refractivity contribution in [1.82, 2.24) is 0 Å². The summed E-state index contributed by atoms with van der Waals surface area (Å²) in [5, 5.41) is 14.3. The molecule has 14 heavy (non-hydrogen) atoms. The van der Waals surface area contributed by atoms with Crippen molar-refractivity contribution in [1.29, 1.82) is 0 Å². The Bertz CT molecular complexity index is 348. The van der Waals surface area contributed by atoms with Gasteiger partial charge in [0.05, 0.1) is 5.71 Å². The number of halogens is 1. The SMILES string of the molecule is [O]CC1CC(c2ccc(F)cc2)=NO1. The Morgan fingerprint density at radius 2 is 2.14 bits per heavy atom. The molecule has 1 aromatic rings. The maximum absolute atomic E-state index is 12.6. The summed E-state index contributed by atoms with van der Waals surface area (Å²) in [6, 6.07) is 5.99. The van der Waals surface area contributed by atoms with Crippen molar-refractivity contribution >= 4 is 5.71 Å². The second kappa shape index (κ2) is 3.75. The molecule has 2 rings (SSSR count). The van der Waals surface area contributed by atoms with Gasteiger partial charge in [0.2, 0.25) is 0 Å². The summed E-state index contributed by atoms with van der Waals surface area (Å²) in [7, 11) is 0. The highest BCUT2D eigenvalue weighted by atomic mass is 19.1. The molecule has 1 heterocycles. The van der Waals surface area contributed by atoms with Gasteiger partial charge < -0.3 is 4.84 Å². The smallest absolute Gasteiger partial charge is 0.159 e. The molecule has 0 aliphatic carbocycles. The van der Waals surface area contributed by atoms with Gasteiger partial charge in [-0.3, -0.25) is 0 Å². The minimum absolute atomic E-state index is 0.284. The fourth-order valence-corrected chi connectivity index (χ4v) is 1.33. The first-order chi connectivity index (χ1) is 6.79. The second-order valence-electron chi connectivity index (χ2n) is 3.14. The summed E-state index contributed by atoms with van der Waals surface area (Å²) in [6.07, 6.45) is 0.143. The lowest BCUT2D eigenvalue weighted by molar-refractivity contribution is 0.0134. The molecule has 0 N–H and O–H groups in total. The van der Waals surface area contributed by atoms with E-state index in [4.69, 9.17) is 4.84 Å². The average molecular weight is 194 g/mol. The Hall–Kier alpha value is -1.42. The van der Waals surface area contributed by atoms with Crippen molar-refractivity contribution in [3.8, 4) is 0 Å². The molecule has 1 aromatic carbocycles. The molecule has 1 unspecified atom stereocenters. The van der Waals surface area contributed by atoms with Crippen LogP contribution in [0.25, 0.3) is 0 Å². The molecule has 0 fully saturated rings. The molecule has 0 spiro atoms. The van der Waals surface area contributed by atoms with Gasteiger partial charge in [0.1, 0.15) is 12.4 Å². The van der Waals surface area contributed by atoms with Crippen LogP contribution in [0.2, 0.25) is 0 Å². The third kappa shape index (κ3) is 1.75. The lowest BCUT2D eigenvalue weighted by atomic mass is 10.1. The largest absolute Gasteiger partial charge is 0.389 e. The van der Waals surface area contributed by atoms with E-state index in [9.17, 15) is 9.50 Å². The van der Waals surface area contributed by atoms with Crippen LogP contribution in [0.15, 0.2) is 29.4 Å². The molecular weight excluding hydrogens is 185 g/mol. The van der Waals surface area contributed by atoms with Gasteiger partial charge in [0.25, 0.3) is 0 Å². The molecule has 1 aliphatic heterocycles. The quantitative estimate of drug-likeness (QED) is 0.707. The maximum atomic E-state index is 12.6. The van der Waals surface area contributed by atoms with Crippen LogP contribution in [-0.2, 0) is 9.94 Å². The van der Waals surface area contributed by atoms with Gasteiger partial charge in [-0.1, -0.05) is 17.3 Å². The lowest BCUT2D eigenvalue weighted by Gasteiger charge is -2.00. The van der Waals surface area contributed by atoms with Gasteiger partial charge >= 0.3 is 0 Å². The summed E-state index contributed by atoms with van der Waals surface area (Å²) >= 11 is 0. The molecule has 1 aliphatic rings. The van der Waals surface area contributed by atoms with E-state index in [2.05, 4.69) is 5.16 Å². The van der Waals surface area contributed by atoms with Crippen molar-refractivity contribution in [2.75, 3.05) is 6.61 Å². The summed E-state index contributed by atoms with van der Waals surface area (Å²) in [5.74, 6) is -0.284. The summed E-state index contributed by atoms with van der Waals surface area (Å²) in [5.41, 5.74) is 1.52. The Kier molecular flexibility index (Phi) is 2.45. The molecule has 0 saturated carbocycles. The van der Waals surface area contributed by atoms with Gasteiger partial charge in [-0.05, 0) is 17.7 Å². The summed E-state index contributed by atoms with van der Waals surface area (Å²) in [6.45, 7) is -0.297. The average Bonchev–Trinajstić information content (AvgIpc) is 2.67. The Labute approximate surface area is 80.8 Å². The van der Waals surface area contributed by atoms with Crippen molar-refractivity contribution in [3.05, 3.63) is 35.6 Å². The van der Waals surface area contributed by atoms with E-state index in [0.29, 0.717) is 12.1 Å². The van der Waals surface area contributed by atoms with E-state index < -0.39 is 0 Å². The van der Waals surface area contributed by atoms with E-state index in [1.807, 2.05) is 0 Å². The van der Waals surface area contributed by atoms with Crippen LogP contribution in [-0.4, -0.2) is 18.4 Å². The predicted octanol–water partition coefficient (Wildman–Crippen LogP) is 1.75. The van der Waals surface area contributed by atoms with Gasteiger partial charge in [0, 0.05) is 6.42 Å². The number of hydrogen-bond acceptors (Lipinski definition) is 2. The first-order valence-corrected chi connectivity index (χ1v) is 4.36. The van der Waals surface area contributed by atoms with Crippen molar-refractivity contribution in [3.63, 3.8) is 0 Å². The standard InChI is InChI=1S/C10H9FNO2/c11-8-3-1-7(2-4-8)10-5-9(6-13)14-12-10/h1-4,9H,5-6H2. The molecule has 1 radical (unpaired) electrons. The molecule has 0 saturated heterocycles. The van der Waals surface area contributed by atoms with E-state index in [-0.39, 0.29) is 18.5 Å². The number of nitrogens with zero attached hydrogens (tertiary/aromatic N) is 1. The van der Waals surface area contributed by atoms with Crippen molar-refractivity contribution in [2.24, 2.45) is 5.16 Å². The molecular formula is C10H9FNO2. The number of rotatable bonds is 2. The van der Waals surface area contributed by atoms with Gasteiger partial charge in [0.15, 0.2) is 6.10 Å². The number of hydrogen-bond donors (Lipinski definition) is 0. The maximum Gasteiger partial charge on any atom is 0.159 e. The first-order valence-electron chi connectivity index (χ1n) is 4.36. The Balaban J connectivity index is 2.13. The summed E-state index contributed by atoms with van der Waals surface area (Å²) in [4.78, 5) is 4.88. The van der Waals surface area contributed by atoms with Crippen LogP contribution in [0.3, 0.4) is 0 Å². The van der Waals surface area contributed by atoms with Gasteiger partial charge in [-0.15, -0.1) is 0 Å². The van der Waals surface area contributed by atoms with Crippen LogP contribution in [0.5, 0.6) is 0 Å². The van der Waals surface area contributed by atoms with Crippen LogP contribution in [0.1, 0.15) is 12.0 Å². The highest BCUT2D eigenvalue weighted by molar-refractivity contribution is 6.01. The topological polar surface area (TPSA) is 41.5 Å². The number of oxime groups is 1. The summed E-state index contributed by atoms with van der Waals surface area (Å²) < 4.78 is 12.6. The number of benzene rings is 1. The second-order valence-corrected chi connectivity index (χ2v) is 3.14. The zero-order chi connectivity index (χ0) is 9.97. The molecule has 73 valence electrons. The molecule has 4 heteroatoms. The lowest BCUT2D eigenvalue weighted by Crippen LogP contribution is -2.11. The normalized spacial score (nSPS) is 20.4. The van der Waals surface area contributed by atoms with E-state index in [0.717, 1.165) is 5.56 Å². The monoisotopic (exact) mass is 194 g/mol. The van der Waals surface area contributed by atoms with Crippen LogP contribution in [0, 0.1) is 5.82 Å². The fraction of sp³-hybridized carbons (Fsp3) is 0.300. The molecule has 0 bridgehead atoms. The molecule has 3 nitrogen and oxygen atoms in total. The zero-order valence-corrected chi connectivity index (χ0v) is 7.44. The third-order valence-electron chi connectivity index (χ3n) is 2.10. The minimum Gasteiger partial charge on any atom is -0.389 e. The van der Waals surface area contributed by atoms with Crippen molar-refractivity contribution in [2.45, 2.75) is 12.5 Å². The molecule has 1 atom stereocenters. The van der Waals surface area contributed by atoms with Gasteiger partial charge in [-0.2, -0.15) is 0 Å². The Morgan fingerprint density at radius 1 is 1.43 bits per heavy atom.